The van der Waals surface area contributed by atoms with Gasteiger partial charge in [0.25, 0.3) is 0 Å². The van der Waals surface area contributed by atoms with Crippen LogP contribution in [0.5, 0.6) is 0 Å². The maximum Gasteiger partial charge on any atom is 0.408 e. The fourth-order valence-corrected chi connectivity index (χ4v) is 2.33. The third-order valence-electron chi connectivity index (χ3n) is 3.63. The van der Waals surface area contributed by atoms with Crippen LogP contribution in [0, 0.1) is 5.92 Å². The molecule has 1 fully saturated rings. The maximum absolute atomic E-state index is 12.0. The van der Waals surface area contributed by atoms with E-state index in [4.69, 9.17) is 4.74 Å². The Morgan fingerprint density at radius 1 is 1.27 bits per heavy atom. The lowest BCUT2D eigenvalue weighted by Gasteiger charge is -2.24. The highest BCUT2D eigenvalue weighted by atomic mass is 16.6. The third kappa shape index (κ3) is 6.48. The van der Waals surface area contributed by atoms with Crippen LogP contribution in [0.3, 0.4) is 0 Å². The first-order valence-electron chi connectivity index (χ1n) is 8.19. The first-order chi connectivity index (χ1) is 10.4. The van der Waals surface area contributed by atoms with Gasteiger partial charge in [0.2, 0.25) is 0 Å². The van der Waals surface area contributed by atoms with E-state index in [2.05, 4.69) is 10.6 Å². The summed E-state index contributed by atoms with van der Waals surface area (Å²) >= 11 is 0. The maximum atomic E-state index is 12.0. The molecule has 0 bridgehead atoms. The van der Waals surface area contributed by atoms with Gasteiger partial charge in [-0.15, -0.1) is 0 Å². The molecule has 22 heavy (non-hydrogen) atoms. The van der Waals surface area contributed by atoms with Gasteiger partial charge in [-0.3, -0.25) is 0 Å². The van der Waals surface area contributed by atoms with E-state index in [1.54, 1.807) is 0 Å². The molecule has 1 aromatic carbocycles. The molecular weight excluding hydrogens is 276 g/mol. The predicted molar refractivity (Wildman–Crippen MR) is 88.8 cm³/mol. The number of rotatable bonds is 7. The summed E-state index contributed by atoms with van der Waals surface area (Å²) in [6, 6.07) is 10.0. The smallest absolute Gasteiger partial charge is 0.408 e. The lowest BCUT2D eigenvalue weighted by Crippen LogP contribution is -2.36. The molecule has 0 spiro atoms. The topological polar surface area (TPSA) is 50.4 Å². The Hall–Kier alpha value is -1.55. The van der Waals surface area contributed by atoms with Gasteiger partial charge in [-0.05, 0) is 64.6 Å². The minimum Gasteiger partial charge on any atom is -0.444 e. The summed E-state index contributed by atoms with van der Waals surface area (Å²) in [5, 5.41) is 6.47. The SMILES string of the molecule is CC(C)(C)OC(=O)NC(CCNCC1CC1)c1ccccc1. The van der Waals surface area contributed by atoms with Gasteiger partial charge in [0.1, 0.15) is 5.60 Å². The molecular formula is C18H28N2O2. The van der Waals surface area contributed by atoms with Crippen LogP contribution in [0.25, 0.3) is 0 Å². The van der Waals surface area contributed by atoms with Crippen LogP contribution < -0.4 is 10.6 Å². The van der Waals surface area contributed by atoms with Gasteiger partial charge in [-0.2, -0.15) is 0 Å². The van der Waals surface area contributed by atoms with E-state index >= 15 is 0 Å². The highest BCUT2D eigenvalue weighted by molar-refractivity contribution is 5.68. The lowest BCUT2D eigenvalue weighted by atomic mass is 10.0. The van der Waals surface area contributed by atoms with Gasteiger partial charge in [-0.25, -0.2) is 4.79 Å². The van der Waals surface area contributed by atoms with Crippen molar-refractivity contribution in [2.45, 2.75) is 51.7 Å². The Bertz CT molecular complexity index is 464. The fourth-order valence-electron chi connectivity index (χ4n) is 2.33. The highest BCUT2D eigenvalue weighted by Gasteiger charge is 2.22. The summed E-state index contributed by atoms with van der Waals surface area (Å²) in [5.41, 5.74) is 0.636. The number of carbonyl (C=O) groups excluding carboxylic acids is 1. The summed E-state index contributed by atoms with van der Waals surface area (Å²) in [6.45, 7) is 7.61. The van der Waals surface area contributed by atoms with Crippen molar-refractivity contribution in [3.05, 3.63) is 35.9 Å². The molecule has 122 valence electrons. The summed E-state index contributed by atoms with van der Waals surface area (Å²) in [5.74, 6) is 0.869. The highest BCUT2D eigenvalue weighted by Crippen LogP contribution is 2.27. The molecule has 1 amide bonds. The van der Waals surface area contributed by atoms with Crippen molar-refractivity contribution in [1.82, 2.24) is 10.6 Å². The van der Waals surface area contributed by atoms with Gasteiger partial charge in [-0.1, -0.05) is 30.3 Å². The zero-order chi connectivity index (χ0) is 16.0. The standard InChI is InChI=1S/C18H28N2O2/c1-18(2,3)22-17(21)20-16(15-7-5-4-6-8-15)11-12-19-13-14-9-10-14/h4-8,14,16,19H,9-13H2,1-3H3,(H,20,21). The number of alkyl carbamates (subject to hydrolysis) is 1. The van der Waals surface area contributed by atoms with Gasteiger partial charge in [0.05, 0.1) is 6.04 Å². The molecule has 1 atom stereocenters. The summed E-state index contributed by atoms with van der Waals surface area (Å²) in [4.78, 5) is 12.0. The largest absolute Gasteiger partial charge is 0.444 e. The van der Waals surface area contributed by atoms with E-state index in [0.717, 1.165) is 31.0 Å². The van der Waals surface area contributed by atoms with Gasteiger partial charge in [0, 0.05) is 0 Å². The average molecular weight is 304 g/mol. The van der Waals surface area contributed by atoms with E-state index in [0.29, 0.717) is 0 Å². The van der Waals surface area contributed by atoms with Crippen LogP contribution in [0.15, 0.2) is 30.3 Å². The molecule has 1 aliphatic carbocycles. The number of ether oxygens (including phenoxy) is 1. The molecule has 2 N–H and O–H groups in total. The Labute approximate surface area is 133 Å². The molecule has 0 radical (unpaired) electrons. The van der Waals surface area contributed by atoms with Gasteiger partial charge >= 0.3 is 6.09 Å². The fraction of sp³-hybridized carbons (Fsp3) is 0.611. The predicted octanol–water partition coefficient (Wildman–Crippen LogP) is 3.64. The third-order valence-corrected chi connectivity index (χ3v) is 3.63. The molecule has 1 aliphatic rings. The van der Waals surface area contributed by atoms with Crippen molar-refractivity contribution < 1.29 is 9.53 Å². The van der Waals surface area contributed by atoms with Crippen molar-refractivity contribution in [3.8, 4) is 0 Å². The number of nitrogens with one attached hydrogen (secondary N) is 2. The van der Waals surface area contributed by atoms with Crippen LogP contribution in [0.1, 0.15) is 51.6 Å². The second-order valence-corrected chi connectivity index (χ2v) is 7.05. The van der Waals surface area contributed by atoms with E-state index in [-0.39, 0.29) is 12.1 Å². The van der Waals surface area contributed by atoms with Crippen LogP contribution in [-0.4, -0.2) is 24.8 Å². The van der Waals surface area contributed by atoms with E-state index < -0.39 is 5.60 Å². The second kappa shape index (κ2) is 7.63. The number of amides is 1. The first kappa shape index (κ1) is 16.8. The summed E-state index contributed by atoms with van der Waals surface area (Å²) in [7, 11) is 0. The molecule has 4 nitrogen and oxygen atoms in total. The minimum absolute atomic E-state index is 0.0252. The monoisotopic (exact) mass is 304 g/mol. The molecule has 2 rings (SSSR count). The molecule has 0 aromatic heterocycles. The van der Waals surface area contributed by atoms with Crippen molar-refractivity contribution in [2.24, 2.45) is 5.92 Å². The molecule has 1 unspecified atom stereocenters. The zero-order valence-electron chi connectivity index (χ0n) is 13.9. The van der Waals surface area contributed by atoms with Gasteiger partial charge in [0.15, 0.2) is 0 Å². The van der Waals surface area contributed by atoms with Crippen LogP contribution in [0.2, 0.25) is 0 Å². The van der Waals surface area contributed by atoms with E-state index in [1.165, 1.54) is 12.8 Å². The van der Waals surface area contributed by atoms with Crippen molar-refractivity contribution in [3.63, 3.8) is 0 Å². The Balaban J connectivity index is 1.87. The first-order valence-corrected chi connectivity index (χ1v) is 8.19. The average Bonchev–Trinajstić information content (AvgIpc) is 3.25. The molecule has 0 saturated heterocycles. The number of hydrogen-bond acceptors (Lipinski definition) is 3. The van der Waals surface area contributed by atoms with Crippen molar-refractivity contribution in [2.75, 3.05) is 13.1 Å². The number of carbonyl (C=O) groups is 1. The van der Waals surface area contributed by atoms with Crippen LogP contribution >= 0.6 is 0 Å². The minimum atomic E-state index is -0.477. The van der Waals surface area contributed by atoms with Crippen LogP contribution in [-0.2, 0) is 4.74 Å². The number of benzene rings is 1. The van der Waals surface area contributed by atoms with E-state index in [1.807, 2.05) is 51.1 Å². The molecule has 4 heteroatoms. The number of hydrogen-bond donors (Lipinski definition) is 2. The lowest BCUT2D eigenvalue weighted by molar-refractivity contribution is 0.0501. The molecule has 0 aliphatic heterocycles. The Morgan fingerprint density at radius 2 is 1.95 bits per heavy atom. The second-order valence-electron chi connectivity index (χ2n) is 7.05. The normalized spacial score (nSPS) is 16.1. The van der Waals surface area contributed by atoms with Crippen molar-refractivity contribution in [1.29, 1.82) is 0 Å². The summed E-state index contributed by atoms with van der Waals surface area (Å²) < 4.78 is 5.37. The Kier molecular flexibility index (Phi) is 5.83. The Morgan fingerprint density at radius 3 is 2.55 bits per heavy atom. The summed E-state index contributed by atoms with van der Waals surface area (Å²) in [6.07, 6.45) is 3.20. The molecule has 0 heterocycles. The molecule has 1 saturated carbocycles. The van der Waals surface area contributed by atoms with Gasteiger partial charge < -0.3 is 15.4 Å². The van der Waals surface area contributed by atoms with E-state index in [9.17, 15) is 4.79 Å². The quantitative estimate of drug-likeness (QED) is 0.756. The zero-order valence-corrected chi connectivity index (χ0v) is 13.9. The van der Waals surface area contributed by atoms with Crippen LogP contribution in [0.4, 0.5) is 4.79 Å². The van der Waals surface area contributed by atoms with Crippen molar-refractivity contribution >= 4 is 6.09 Å². The molecule has 1 aromatic rings.